The van der Waals surface area contributed by atoms with Crippen LogP contribution in [0.5, 0.6) is 0 Å². The molecular weight excluding hydrogens is 318 g/mol. The van der Waals surface area contributed by atoms with Gasteiger partial charge in [-0.3, -0.25) is 14.6 Å². The summed E-state index contributed by atoms with van der Waals surface area (Å²) in [6, 6.07) is 5.20. The Hall–Kier alpha value is -2.18. The van der Waals surface area contributed by atoms with E-state index in [-0.39, 0.29) is 22.9 Å². The van der Waals surface area contributed by atoms with Crippen molar-refractivity contribution in [1.29, 1.82) is 0 Å². The van der Waals surface area contributed by atoms with E-state index in [1.807, 2.05) is 12.1 Å². The van der Waals surface area contributed by atoms with Gasteiger partial charge in [0.2, 0.25) is 0 Å². The second kappa shape index (κ2) is 6.93. The minimum absolute atomic E-state index is 0.00587. The standard InChI is InChI=1S/C16H16ClN3O3/c17-13-6-11(7-19-16(13)22)15(21)20-14-9-23-8-12(14)5-10-1-3-18-4-2-10/h1-4,6-7,12,14H,5,8-9H2,(H,19,22)(H,20,21)/t12-,14+/m1/s1. The summed E-state index contributed by atoms with van der Waals surface area (Å²) < 4.78 is 5.51. The van der Waals surface area contributed by atoms with E-state index in [0.29, 0.717) is 18.8 Å². The van der Waals surface area contributed by atoms with Crippen molar-refractivity contribution in [1.82, 2.24) is 15.3 Å². The topological polar surface area (TPSA) is 84.1 Å². The van der Waals surface area contributed by atoms with Crippen LogP contribution in [0.15, 0.2) is 41.6 Å². The van der Waals surface area contributed by atoms with Crippen molar-refractivity contribution in [3.05, 3.63) is 63.3 Å². The minimum atomic E-state index is -0.414. The van der Waals surface area contributed by atoms with Crippen molar-refractivity contribution in [2.45, 2.75) is 12.5 Å². The van der Waals surface area contributed by atoms with E-state index >= 15 is 0 Å². The molecule has 1 aliphatic rings. The van der Waals surface area contributed by atoms with Gasteiger partial charge in [-0.1, -0.05) is 11.6 Å². The summed E-state index contributed by atoms with van der Waals surface area (Å²) in [6.45, 7) is 1.07. The highest BCUT2D eigenvalue weighted by Crippen LogP contribution is 2.19. The van der Waals surface area contributed by atoms with Crippen molar-refractivity contribution >= 4 is 17.5 Å². The lowest BCUT2D eigenvalue weighted by Crippen LogP contribution is -2.40. The molecule has 0 spiro atoms. The Kier molecular flexibility index (Phi) is 4.73. The highest BCUT2D eigenvalue weighted by Gasteiger charge is 2.30. The van der Waals surface area contributed by atoms with E-state index in [2.05, 4.69) is 15.3 Å². The first kappa shape index (κ1) is 15.7. The maximum Gasteiger partial charge on any atom is 0.266 e. The average Bonchev–Trinajstić information content (AvgIpc) is 2.98. The Labute approximate surface area is 137 Å². The molecule has 0 aliphatic carbocycles. The third kappa shape index (κ3) is 3.78. The van der Waals surface area contributed by atoms with Crippen molar-refractivity contribution < 1.29 is 9.53 Å². The number of aromatic nitrogens is 2. The molecule has 0 bridgehead atoms. The number of carbonyl (C=O) groups excluding carboxylic acids is 1. The maximum atomic E-state index is 12.3. The first-order chi connectivity index (χ1) is 11.1. The van der Waals surface area contributed by atoms with Crippen molar-refractivity contribution in [2.75, 3.05) is 13.2 Å². The maximum absolute atomic E-state index is 12.3. The molecule has 0 radical (unpaired) electrons. The molecule has 2 N–H and O–H groups in total. The van der Waals surface area contributed by atoms with Crippen LogP contribution in [0, 0.1) is 5.92 Å². The van der Waals surface area contributed by atoms with E-state index in [1.54, 1.807) is 12.4 Å². The van der Waals surface area contributed by atoms with Crippen LogP contribution in [0.1, 0.15) is 15.9 Å². The fourth-order valence-corrected chi connectivity index (χ4v) is 2.79. The summed E-state index contributed by atoms with van der Waals surface area (Å²) in [5.41, 5.74) is 1.06. The van der Waals surface area contributed by atoms with Gasteiger partial charge in [0.25, 0.3) is 11.5 Å². The zero-order valence-corrected chi connectivity index (χ0v) is 13.0. The van der Waals surface area contributed by atoms with E-state index < -0.39 is 5.56 Å². The van der Waals surface area contributed by atoms with Crippen LogP contribution in [0.25, 0.3) is 0 Å². The molecule has 0 unspecified atom stereocenters. The van der Waals surface area contributed by atoms with Crippen LogP contribution in [0.2, 0.25) is 5.02 Å². The third-order valence-corrected chi connectivity index (χ3v) is 4.16. The lowest BCUT2D eigenvalue weighted by Gasteiger charge is -2.19. The minimum Gasteiger partial charge on any atom is -0.379 e. The summed E-state index contributed by atoms with van der Waals surface area (Å²) in [4.78, 5) is 30.0. The van der Waals surface area contributed by atoms with Gasteiger partial charge in [-0.05, 0) is 30.2 Å². The van der Waals surface area contributed by atoms with Gasteiger partial charge < -0.3 is 15.0 Å². The van der Waals surface area contributed by atoms with Crippen molar-refractivity contribution in [2.24, 2.45) is 5.92 Å². The number of aromatic amines is 1. The van der Waals surface area contributed by atoms with E-state index in [4.69, 9.17) is 16.3 Å². The summed E-state index contributed by atoms with van der Waals surface area (Å²) in [6.07, 6.45) is 5.67. The molecule has 1 fully saturated rings. The molecule has 3 rings (SSSR count). The predicted octanol–water partition coefficient (Wildman–Crippen LogP) is 1.41. The lowest BCUT2D eigenvalue weighted by atomic mass is 9.95. The van der Waals surface area contributed by atoms with Gasteiger partial charge in [0, 0.05) is 24.5 Å². The van der Waals surface area contributed by atoms with Crippen molar-refractivity contribution in [3.63, 3.8) is 0 Å². The Balaban J connectivity index is 1.67. The fraction of sp³-hybridized carbons (Fsp3) is 0.312. The lowest BCUT2D eigenvalue weighted by molar-refractivity contribution is 0.0924. The number of ether oxygens (including phenoxy) is 1. The first-order valence-corrected chi connectivity index (χ1v) is 7.67. The molecule has 0 aromatic carbocycles. The first-order valence-electron chi connectivity index (χ1n) is 7.29. The number of rotatable bonds is 4. The molecule has 120 valence electrons. The molecular formula is C16H16ClN3O3. The summed E-state index contributed by atoms with van der Waals surface area (Å²) in [5, 5.41) is 2.95. The summed E-state index contributed by atoms with van der Waals surface area (Å²) in [7, 11) is 0. The highest BCUT2D eigenvalue weighted by atomic mass is 35.5. The van der Waals surface area contributed by atoms with Gasteiger partial charge in [-0.2, -0.15) is 0 Å². The molecule has 1 aliphatic heterocycles. The zero-order chi connectivity index (χ0) is 16.2. The SMILES string of the molecule is O=C(N[C@H]1COC[C@H]1Cc1ccncc1)c1c[nH]c(=O)c(Cl)c1. The molecule has 7 heteroatoms. The summed E-state index contributed by atoms with van der Waals surface area (Å²) >= 11 is 5.76. The molecule has 23 heavy (non-hydrogen) atoms. The predicted molar refractivity (Wildman–Crippen MR) is 85.6 cm³/mol. The van der Waals surface area contributed by atoms with Crippen LogP contribution in [-0.4, -0.2) is 35.1 Å². The molecule has 1 saturated heterocycles. The van der Waals surface area contributed by atoms with Crippen molar-refractivity contribution in [3.8, 4) is 0 Å². The van der Waals surface area contributed by atoms with Gasteiger partial charge in [0.05, 0.1) is 24.8 Å². The number of pyridine rings is 2. The summed E-state index contributed by atoms with van der Waals surface area (Å²) in [5.74, 6) is -0.0852. The molecule has 3 heterocycles. The van der Waals surface area contributed by atoms with Gasteiger partial charge in [0.15, 0.2) is 0 Å². The third-order valence-electron chi connectivity index (χ3n) is 3.88. The Morgan fingerprint density at radius 3 is 2.91 bits per heavy atom. The molecule has 2 aromatic rings. The monoisotopic (exact) mass is 333 g/mol. The largest absolute Gasteiger partial charge is 0.379 e. The average molecular weight is 334 g/mol. The number of hydrogen-bond donors (Lipinski definition) is 2. The van der Waals surface area contributed by atoms with Crippen LogP contribution in [0.4, 0.5) is 0 Å². The second-order valence-electron chi connectivity index (χ2n) is 5.50. The molecule has 1 amide bonds. The Morgan fingerprint density at radius 1 is 1.39 bits per heavy atom. The Morgan fingerprint density at radius 2 is 2.17 bits per heavy atom. The van der Waals surface area contributed by atoms with E-state index in [0.717, 1.165) is 12.0 Å². The molecule has 0 saturated carbocycles. The van der Waals surface area contributed by atoms with E-state index in [1.165, 1.54) is 12.3 Å². The number of amides is 1. The van der Waals surface area contributed by atoms with Gasteiger partial charge in [0.1, 0.15) is 5.02 Å². The number of H-pyrrole nitrogens is 1. The number of nitrogens with one attached hydrogen (secondary N) is 2. The number of hydrogen-bond acceptors (Lipinski definition) is 4. The van der Waals surface area contributed by atoms with Gasteiger partial charge in [-0.15, -0.1) is 0 Å². The van der Waals surface area contributed by atoms with Crippen LogP contribution >= 0.6 is 11.6 Å². The zero-order valence-electron chi connectivity index (χ0n) is 12.3. The fourth-order valence-electron chi connectivity index (χ4n) is 2.62. The smallest absolute Gasteiger partial charge is 0.266 e. The number of halogens is 1. The Bertz CT molecular complexity index is 748. The quantitative estimate of drug-likeness (QED) is 0.886. The second-order valence-corrected chi connectivity index (χ2v) is 5.91. The van der Waals surface area contributed by atoms with E-state index in [9.17, 15) is 9.59 Å². The van der Waals surface area contributed by atoms with Gasteiger partial charge >= 0.3 is 0 Å². The number of nitrogens with zero attached hydrogens (tertiary/aromatic N) is 1. The molecule has 6 nitrogen and oxygen atoms in total. The molecule has 2 atom stereocenters. The number of carbonyl (C=O) groups is 1. The van der Waals surface area contributed by atoms with Crippen LogP contribution in [0.3, 0.4) is 0 Å². The van der Waals surface area contributed by atoms with Crippen LogP contribution < -0.4 is 10.9 Å². The molecule has 2 aromatic heterocycles. The highest BCUT2D eigenvalue weighted by molar-refractivity contribution is 6.30. The normalized spacial score (nSPS) is 20.4. The van der Waals surface area contributed by atoms with Crippen LogP contribution in [-0.2, 0) is 11.2 Å². The van der Waals surface area contributed by atoms with Gasteiger partial charge in [-0.25, -0.2) is 0 Å².